The van der Waals surface area contributed by atoms with Crippen molar-refractivity contribution in [2.24, 2.45) is 0 Å². The van der Waals surface area contributed by atoms with Crippen molar-refractivity contribution in [2.45, 2.75) is 13.0 Å². The molecular weight excluding hydrogens is 206 g/mol. The van der Waals surface area contributed by atoms with Gasteiger partial charge in [0.15, 0.2) is 0 Å². The van der Waals surface area contributed by atoms with Crippen LogP contribution in [0.1, 0.15) is 15.9 Å². The normalized spacial score (nSPS) is 12.2. The van der Waals surface area contributed by atoms with E-state index >= 15 is 0 Å². The number of nitrogens with one attached hydrogen (secondary N) is 1. The van der Waals surface area contributed by atoms with Crippen LogP contribution in [0.2, 0.25) is 0 Å². The van der Waals surface area contributed by atoms with Gasteiger partial charge in [-0.3, -0.25) is 4.79 Å². The predicted octanol–water partition coefficient (Wildman–Crippen LogP) is 0.732. The van der Waals surface area contributed by atoms with Gasteiger partial charge in [0, 0.05) is 12.7 Å². The van der Waals surface area contributed by atoms with E-state index in [1.165, 1.54) is 7.11 Å². The Kier molecular flexibility index (Phi) is 4.95. The monoisotopic (exact) mass is 223 g/mol. The van der Waals surface area contributed by atoms with Crippen LogP contribution < -0.4 is 5.32 Å². The number of hydrogen-bond donors (Lipinski definition) is 2. The van der Waals surface area contributed by atoms with Crippen LogP contribution in [0.5, 0.6) is 0 Å². The molecule has 0 aliphatic heterocycles. The summed E-state index contributed by atoms with van der Waals surface area (Å²) in [6.07, 6.45) is 0. The highest BCUT2D eigenvalue weighted by Crippen LogP contribution is 2.04. The van der Waals surface area contributed by atoms with Crippen molar-refractivity contribution >= 4 is 5.91 Å². The summed E-state index contributed by atoms with van der Waals surface area (Å²) in [7, 11) is 1.53. The van der Waals surface area contributed by atoms with Gasteiger partial charge >= 0.3 is 0 Å². The van der Waals surface area contributed by atoms with Crippen LogP contribution >= 0.6 is 0 Å². The summed E-state index contributed by atoms with van der Waals surface area (Å²) in [4.78, 5) is 11.8. The lowest BCUT2D eigenvalue weighted by atomic mass is 10.1. The third-order valence-electron chi connectivity index (χ3n) is 2.20. The van der Waals surface area contributed by atoms with Crippen LogP contribution in [-0.4, -0.2) is 37.4 Å². The average Bonchev–Trinajstić information content (AvgIpc) is 2.28. The standard InChI is InChI=1S/C12H17NO3/c1-9-4-3-5-10(6-9)12(15)13-11(7-14)8-16-2/h3-6,11,14H,7-8H2,1-2H3,(H,13,15). The fraction of sp³-hybridized carbons (Fsp3) is 0.417. The number of aryl methyl sites for hydroxylation is 1. The average molecular weight is 223 g/mol. The quantitative estimate of drug-likeness (QED) is 0.773. The summed E-state index contributed by atoms with van der Waals surface area (Å²) in [5.74, 6) is -0.195. The minimum atomic E-state index is -0.363. The molecule has 0 radical (unpaired) electrons. The maximum Gasteiger partial charge on any atom is 0.251 e. The highest BCUT2D eigenvalue weighted by Gasteiger charge is 2.12. The van der Waals surface area contributed by atoms with Gasteiger partial charge in [-0.15, -0.1) is 0 Å². The van der Waals surface area contributed by atoms with Crippen molar-refractivity contribution in [3.63, 3.8) is 0 Å². The molecular formula is C12H17NO3. The molecule has 1 aromatic carbocycles. The first-order valence-corrected chi connectivity index (χ1v) is 5.14. The number of rotatable bonds is 5. The predicted molar refractivity (Wildman–Crippen MR) is 61.4 cm³/mol. The summed E-state index contributed by atoms with van der Waals surface area (Å²) < 4.78 is 4.88. The van der Waals surface area contributed by atoms with Crippen LogP contribution in [0.4, 0.5) is 0 Å². The molecule has 0 spiro atoms. The number of ether oxygens (including phenoxy) is 1. The Hall–Kier alpha value is -1.39. The second kappa shape index (κ2) is 6.25. The number of amides is 1. The maximum absolute atomic E-state index is 11.8. The van der Waals surface area contributed by atoms with E-state index in [0.717, 1.165) is 5.56 Å². The molecule has 88 valence electrons. The molecule has 0 aromatic heterocycles. The minimum Gasteiger partial charge on any atom is -0.394 e. The Labute approximate surface area is 95.2 Å². The third kappa shape index (κ3) is 3.64. The zero-order valence-electron chi connectivity index (χ0n) is 9.56. The molecule has 0 aliphatic carbocycles. The number of hydrogen-bond acceptors (Lipinski definition) is 3. The van der Waals surface area contributed by atoms with E-state index in [1.54, 1.807) is 12.1 Å². The van der Waals surface area contributed by atoms with Gasteiger partial charge in [0.2, 0.25) is 0 Å². The first-order chi connectivity index (χ1) is 7.67. The van der Waals surface area contributed by atoms with Crippen LogP contribution in [0.3, 0.4) is 0 Å². The summed E-state index contributed by atoms with van der Waals surface area (Å²) >= 11 is 0. The SMILES string of the molecule is COCC(CO)NC(=O)c1cccc(C)c1. The molecule has 1 unspecified atom stereocenters. The Morgan fingerprint density at radius 2 is 2.31 bits per heavy atom. The van der Waals surface area contributed by atoms with E-state index in [9.17, 15) is 4.79 Å². The van der Waals surface area contributed by atoms with E-state index in [4.69, 9.17) is 9.84 Å². The molecule has 16 heavy (non-hydrogen) atoms. The third-order valence-corrected chi connectivity index (χ3v) is 2.20. The zero-order chi connectivity index (χ0) is 12.0. The molecule has 1 amide bonds. The molecule has 0 heterocycles. The smallest absolute Gasteiger partial charge is 0.251 e. The first-order valence-electron chi connectivity index (χ1n) is 5.14. The molecule has 4 heteroatoms. The first kappa shape index (κ1) is 12.7. The van der Waals surface area contributed by atoms with Crippen LogP contribution in [0.25, 0.3) is 0 Å². The maximum atomic E-state index is 11.8. The highest BCUT2D eigenvalue weighted by atomic mass is 16.5. The Bertz CT molecular complexity index is 352. The van der Waals surface area contributed by atoms with Crippen molar-refractivity contribution in [2.75, 3.05) is 20.3 Å². The van der Waals surface area contributed by atoms with E-state index in [-0.39, 0.29) is 18.6 Å². The molecule has 0 aliphatic rings. The number of carbonyl (C=O) groups excluding carboxylic acids is 1. The number of methoxy groups -OCH3 is 1. The number of aliphatic hydroxyl groups excluding tert-OH is 1. The van der Waals surface area contributed by atoms with Gasteiger partial charge < -0.3 is 15.2 Å². The molecule has 1 rings (SSSR count). The van der Waals surface area contributed by atoms with E-state index < -0.39 is 0 Å². The molecule has 1 aromatic rings. The lowest BCUT2D eigenvalue weighted by Crippen LogP contribution is -2.40. The van der Waals surface area contributed by atoms with E-state index in [0.29, 0.717) is 12.2 Å². The van der Waals surface area contributed by atoms with Crippen LogP contribution in [-0.2, 0) is 4.74 Å². The van der Waals surface area contributed by atoms with Crippen LogP contribution in [0.15, 0.2) is 24.3 Å². The summed E-state index contributed by atoms with van der Waals surface area (Å²) in [6, 6.07) is 6.93. The van der Waals surface area contributed by atoms with Gasteiger partial charge in [-0.1, -0.05) is 17.7 Å². The minimum absolute atomic E-state index is 0.134. The number of carbonyl (C=O) groups is 1. The lowest BCUT2D eigenvalue weighted by molar-refractivity contribution is 0.0839. The van der Waals surface area contributed by atoms with E-state index in [2.05, 4.69) is 5.32 Å². The van der Waals surface area contributed by atoms with Gasteiger partial charge in [-0.2, -0.15) is 0 Å². The Morgan fingerprint density at radius 3 is 2.88 bits per heavy atom. The molecule has 0 fully saturated rings. The molecule has 2 N–H and O–H groups in total. The van der Waals surface area contributed by atoms with Gasteiger partial charge in [0.1, 0.15) is 0 Å². The molecule has 0 saturated heterocycles. The molecule has 0 saturated carbocycles. The molecule has 0 bridgehead atoms. The Morgan fingerprint density at radius 1 is 1.56 bits per heavy atom. The topological polar surface area (TPSA) is 58.6 Å². The van der Waals surface area contributed by atoms with Crippen molar-refractivity contribution in [3.8, 4) is 0 Å². The summed E-state index contributed by atoms with van der Waals surface area (Å²) in [6.45, 7) is 2.09. The summed E-state index contributed by atoms with van der Waals surface area (Å²) in [5, 5.41) is 11.7. The van der Waals surface area contributed by atoms with Gasteiger partial charge in [-0.05, 0) is 19.1 Å². The highest BCUT2D eigenvalue weighted by molar-refractivity contribution is 5.94. The second-order valence-electron chi connectivity index (χ2n) is 3.68. The fourth-order valence-electron chi connectivity index (χ4n) is 1.40. The van der Waals surface area contributed by atoms with Gasteiger partial charge in [0.05, 0.1) is 19.3 Å². The Balaban J connectivity index is 2.64. The fourth-order valence-corrected chi connectivity index (χ4v) is 1.40. The zero-order valence-corrected chi connectivity index (χ0v) is 9.56. The van der Waals surface area contributed by atoms with Crippen molar-refractivity contribution in [3.05, 3.63) is 35.4 Å². The van der Waals surface area contributed by atoms with Crippen molar-refractivity contribution < 1.29 is 14.6 Å². The summed E-state index contributed by atoms with van der Waals surface area (Å²) in [5.41, 5.74) is 1.62. The van der Waals surface area contributed by atoms with Crippen molar-refractivity contribution in [1.29, 1.82) is 0 Å². The van der Waals surface area contributed by atoms with Gasteiger partial charge in [-0.25, -0.2) is 0 Å². The number of aliphatic hydroxyl groups is 1. The largest absolute Gasteiger partial charge is 0.394 e. The lowest BCUT2D eigenvalue weighted by Gasteiger charge is -2.15. The van der Waals surface area contributed by atoms with Crippen LogP contribution in [0, 0.1) is 6.92 Å². The van der Waals surface area contributed by atoms with E-state index in [1.807, 2.05) is 19.1 Å². The molecule has 4 nitrogen and oxygen atoms in total. The van der Waals surface area contributed by atoms with Gasteiger partial charge in [0.25, 0.3) is 5.91 Å². The van der Waals surface area contributed by atoms with Crippen molar-refractivity contribution in [1.82, 2.24) is 5.32 Å². The molecule has 1 atom stereocenters. The number of benzene rings is 1. The second-order valence-corrected chi connectivity index (χ2v) is 3.68.